The van der Waals surface area contributed by atoms with Crippen LogP contribution in [0.4, 0.5) is 14.6 Å². The van der Waals surface area contributed by atoms with Gasteiger partial charge in [0, 0.05) is 10.5 Å². The molecule has 1 aromatic carbocycles. The van der Waals surface area contributed by atoms with Crippen molar-refractivity contribution in [2.75, 3.05) is 5.73 Å². The maximum atomic E-state index is 12.2. The van der Waals surface area contributed by atoms with E-state index in [9.17, 15) is 13.6 Å². The van der Waals surface area contributed by atoms with E-state index in [0.29, 0.717) is 16.7 Å². The van der Waals surface area contributed by atoms with Crippen LogP contribution in [0.2, 0.25) is 0 Å². The summed E-state index contributed by atoms with van der Waals surface area (Å²) in [5, 5.41) is 12.5. The van der Waals surface area contributed by atoms with E-state index in [1.807, 2.05) is 0 Å². The van der Waals surface area contributed by atoms with Gasteiger partial charge < -0.3 is 5.73 Å². The van der Waals surface area contributed by atoms with Gasteiger partial charge in [0.1, 0.15) is 17.5 Å². The summed E-state index contributed by atoms with van der Waals surface area (Å²) in [6.07, 6.45) is 1.19. The molecule has 0 amide bonds. The van der Waals surface area contributed by atoms with Gasteiger partial charge in [0.15, 0.2) is 0 Å². The molecule has 0 bridgehead atoms. The number of halogens is 2. The molecule has 102 valence electrons. The Labute approximate surface area is 117 Å². The molecule has 0 aliphatic rings. The standard InChI is InChI=1S/C12H8F2N4OS/c13-12(14)20-9-3-1-7(2-4-9)11(19)18-10(16)8(5-15)6-17-18/h1-4,6,12H,16H2. The monoisotopic (exact) mass is 294 g/mol. The normalized spacial score (nSPS) is 10.5. The first-order valence-corrected chi connectivity index (χ1v) is 6.24. The van der Waals surface area contributed by atoms with Gasteiger partial charge >= 0.3 is 0 Å². The van der Waals surface area contributed by atoms with E-state index >= 15 is 0 Å². The first-order valence-electron chi connectivity index (χ1n) is 5.36. The minimum absolute atomic E-state index is 0.0523. The Kier molecular flexibility index (Phi) is 4.00. The molecule has 8 heteroatoms. The van der Waals surface area contributed by atoms with Gasteiger partial charge in [-0.3, -0.25) is 4.79 Å². The third-order valence-corrected chi connectivity index (χ3v) is 3.17. The third kappa shape index (κ3) is 2.78. The van der Waals surface area contributed by atoms with Gasteiger partial charge in [0.05, 0.1) is 6.20 Å². The summed E-state index contributed by atoms with van der Waals surface area (Å²) in [5.41, 5.74) is 5.94. The summed E-state index contributed by atoms with van der Waals surface area (Å²) in [5.74, 6) is -3.10. The zero-order valence-corrected chi connectivity index (χ0v) is 10.8. The minimum Gasteiger partial charge on any atom is -0.382 e. The highest BCUT2D eigenvalue weighted by molar-refractivity contribution is 7.99. The lowest BCUT2D eigenvalue weighted by atomic mass is 10.2. The fourth-order valence-electron chi connectivity index (χ4n) is 1.51. The zero-order valence-electron chi connectivity index (χ0n) is 9.96. The van der Waals surface area contributed by atoms with Crippen molar-refractivity contribution in [1.82, 2.24) is 9.78 Å². The molecule has 0 radical (unpaired) electrons. The third-order valence-electron chi connectivity index (χ3n) is 2.45. The summed E-state index contributed by atoms with van der Waals surface area (Å²) in [6.45, 7) is 0. The number of carbonyl (C=O) groups excluding carboxylic acids is 1. The van der Waals surface area contributed by atoms with Crippen molar-refractivity contribution in [3.8, 4) is 6.07 Å². The minimum atomic E-state index is -2.52. The second-order valence-electron chi connectivity index (χ2n) is 3.68. The van der Waals surface area contributed by atoms with E-state index in [4.69, 9.17) is 11.0 Å². The molecule has 0 saturated carbocycles. The molecule has 0 spiro atoms. The number of anilines is 1. The predicted molar refractivity (Wildman–Crippen MR) is 69.4 cm³/mol. The SMILES string of the molecule is N#Cc1cnn(C(=O)c2ccc(SC(F)F)cc2)c1N. The van der Waals surface area contributed by atoms with Crippen LogP contribution in [-0.4, -0.2) is 21.4 Å². The molecule has 0 aliphatic carbocycles. The molecule has 2 aromatic rings. The van der Waals surface area contributed by atoms with Crippen LogP contribution in [-0.2, 0) is 0 Å². The van der Waals surface area contributed by atoms with Crippen LogP contribution in [0.25, 0.3) is 0 Å². The second kappa shape index (κ2) is 5.71. The number of nitrogens with two attached hydrogens (primary N) is 1. The van der Waals surface area contributed by atoms with Crippen LogP contribution in [0.5, 0.6) is 0 Å². The van der Waals surface area contributed by atoms with Gasteiger partial charge in [0.2, 0.25) is 0 Å². The highest BCUT2D eigenvalue weighted by Gasteiger charge is 2.15. The van der Waals surface area contributed by atoms with Crippen molar-refractivity contribution in [3.05, 3.63) is 41.6 Å². The van der Waals surface area contributed by atoms with Crippen LogP contribution >= 0.6 is 11.8 Å². The van der Waals surface area contributed by atoms with Gasteiger partial charge in [-0.1, -0.05) is 11.8 Å². The van der Waals surface area contributed by atoms with Crippen molar-refractivity contribution >= 4 is 23.5 Å². The molecule has 0 fully saturated rings. The number of benzene rings is 1. The summed E-state index contributed by atoms with van der Waals surface area (Å²) < 4.78 is 25.2. The lowest BCUT2D eigenvalue weighted by molar-refractivity contribution is 0.0948. The molecule has 0 atom stereocenters. The Balaban J connectivity index is 2.25. The summed E-state index contributed by atoms with van der Waals surface area (Å²) >= 11 is 0.391. The number of nitrogens with zero attached hydrogens (tertiary/aromatic N) is 3. The molecular weight excluding hydrogens is 286 g/mol. The number of alkyl halides is 2. The predicted octanol–water partition coefficient (Wildman–Crippen LogP) is 2.34. The number of aromatic nitrogens is 2. The van der Waals surface area contributed by atoms with Gasteiger partial charge in [-0.25, -0.2) is 0 Å². The molecule has 2 rings (SSSR count). The zero-order chi connectivity index (χ0) is 14.7. The molecular formula is C12H8F2N4OS. The maximum absolute atomic E-state index is 12.2. The lowest BCUT2D eigenvalue weighted by Gasteiger charge is -2.04. The Morgan fingerprint density at radius 2 is 2.05 bits per heavy atom. The fraction of sp³-hybridized carbons (Fsp3) is 0.0833. The van der Waals surface area contributed by atoms with Crippen LogP contribution in [0.3, 0.4) is 0 Å². The highest BCUT2D eigenvalue weighted by Crippen LogP contribution is 2.25. The molecule has 1 aromatic heterocycles. The summed E-state index contributed by atoms with van der Waals surface area (Å²) in [4.78, 5) is 12.4. The van der Waals surface area contributed by atoms with E-state index in [0.717, 1.165) is 4.68 Å². The molecule has 0 unspecified atom stereocenters. The average molecular weight is 294 g/mol. The van der Waals surface area contributed by atoms with E-state index in [-0.39, 0.29) is 16.9 Å². The number of thioether (sulfide) groups is 1. The maximum Gasteiger partial charge on any atom is 0.288 e. The van der Waals surface area contributed by atoms with Gasteiger partial charge in [-0.15, -0.1) is 0 Å². The molecule has 1 heterocycles. The molecule has 2 N–H and O–H groups in total. The number of rotatable bonds is 3. The summed E-state index contributed by atoms with van der Waals surface area (Å²) in [6, 6.07) is 7.43. The molecule has 5 nitrogen and oxygen atoms in total. The molecule has 0 saturated heterocycles. The Morgan fingerprint density at radius 1 is 1.40 bits per heavy atom. The second-order valence-corrected chi connectivity index (χ2v) is 4.74. The largest absolute Gasteiger partial charge is 0.382 e. The Bertz CT molecular complexity index is 676. The van der Waals surface area contributed by atoms with Gasteiger partial charge in [-0.2, -0.15) is 23.8 Å². The van der Waals surface area contributed by atoms with E-state index in [1.54, 1.807) is 6.07 Å². The van der Waals surface area contributed by atoms with E-state index < -0.39 is 11.7 Å². The number of nitrogen functional groups attached to an aromatic ring is 1. The van der Waals surface area contributed by atoms with Crippen LogP contribution < -0.4 is 5.73 Å². The van der Waals surface area contributed by atoms with Crippen molar-refractivity contribution in [1.29, 1.82) is 5.26 Å². The highest BCUT2D eigenvalue weighted by atomic mass is 32.2. The number of hydrogen-bond acceptors (Lipinski definition) is 5. The first kappa shape index (κ1) is 14.0. The van der Waals surface area contributed by atoms with E-state index in [1.165, 1.54) is 30.5 Å². The quantitative estimate of drug-likeness (QED) is 0.878. The first-order chi connectivity index (χ1) is 9.52. The Morgan fingerprint density at radius 3 is 2.55 bits per heavy atom. The van der Waals surface area contributed by atoms with Crippen LogP contribution in [0, 0.1) is 11.3 Å². The smallest absolute Gasteiger partial charge is 0.288 e. The van der Waals surface area contributed by atoms with Crippen molar-refractivity contribution in [2.45, 2.75) is 10.7 Å². The fourth-order valence-corrected chi connectivity index (χ4v) is 2.01. The van der Waals surface area contributed by atoms with E-state index in [2.05, 4.69) is 5.10 Å². The topological polar surface area (TPSA) is 84.7 Å². The molecule has 0 aliphatic heterocycles. The number of carbonyl (C=O) groups is 1. The molecule has 20 heavy (non-hydrogen) atoms. The lowest BCUT2D eigenvalue weighted by Crippen LogP contribution is -2.16. The number of hydrogen-bond donors (Lipinski definition) is 1. The summed E-state index contributed by atoms with van der Waals surface area (Å²) in [7, 11) is 0. The van der Waals surface area contributed by atoms with Crippen molar-refractivity contribution in [3.63, 3.8) is 0 Å². The van der Waals surface area contributed by atoms with Crippen LogP contribution in [0.15, 0.2) is 35.4 Å². The number of nitriles is 1. The van der Waals surface area contributed by atoms with Crippen molar-refractivity contribution in [2.24, 2.45) is 0 Å². The average Bonchev–Trinajstić information content (AvgIpc) is 2.79. The van der Waals surface area contributed by atoms with Gasteiger partial charge in [0.25, 0.3) is 11.7 Å². The van der Waals surface area contributed by atoms with Crippen molar-refractivity contribution < 1.29 is 13.6 Å². The Hall–Kier alpha value is -2.40. The van der Waals surface area contributed by atoms with Crippen LogP contribution in [0.1, 0.15) is 15.9 Å². The van der Waals surface area contributed by atoms with Gasteiger partial charge in [-0.05, 0) is 24.3 Å².